The number of para-hydroxylation sites is 1. The number of aliphatic carboxylic acids is 1. The van der Waals surface area contributed by atoms with Crippen LogP contribution in [-0.2, 0) is 16.8 Å². The third-order valence-corrected chi connectivity index (χ3v) is 5.94. The highest BCUT2D eigenvalue weighted by Crippen LogP contribution is 2.44. The second-order valence-corrected chi connectivity index (χ2v) is 7.63. The molecule has 4 rings (SSSR count). The van der Waals surface area contributed by atoms with E-state index in [4.69, 9.17) is 9.84 Å². The molecular weight excluding hydrogens is 374 g/mol. The zero-order chi connectivity index (χ0) is 21.1. The molecule has 4 nitrogen and oxygen atoms in total. The molecule has 1 atom stereocenters. The molecule has 3 aromatic carbocycles. The van der Waals surface area contributed by atoms with E-state index in [1.165, 1.54) is 16.8 Å². The van der Waals surface area contributed by atoms with Crippen LogP contribution in [0.3, 0.4) is 0 Å². The van der Waals surface area contributed by atoms with E-state index in [2.05, 4.69) is 60.4 Å². The lowest BCUT2D eigenvalue weighted by atomic mass is 9.76. The standard InChI is InChI=1S/C26H25NO3/c1-26(21-11-8-19(9-12-21)10-15-25(28)29)24-14-13-23(30-2)18-20(24)16-17-27(26)22-6-4-3-5-7-22/h3-15,18H,16-17H2,1-2H3,(H,28,29)/b15-10+. The van der Waals surface area contributed by atoms with Gasteiger partial charge in [-0.15, -0.1) is 0 Å². The highest BCUT2D eigenvalue weighted by atomic mass is 16.5. The predicted molar refractivity (Wildman–Crippen MR) is 120 cm³/mol. The number of benzene rings is 3. The molecule has 0 saturated heterocycles. The Kier molecular flexibility index (Phi) is 5.32. The Morgan fingerprint density at radius 2 is 1.80 bits per heavy atom. The topological polar surface area (TPSA) is 49.8 Å². The van der Waals surface area contributed by atoms with Crippen molar-refractivity contribution in [2.75, 3.05) is 18.6 Å². The Balaban J connectivity index is 1.84. The minimum absolute atomic E-state index is 0.365. The lowest BCUT2D eigenvalue weighted by molar-refractivity contribution is -0.131. The van der Waals surface area contributed by atoms with Crippen LogP contribution in [0.15, 0.2) is 78.9 Å². The van der Waals surface area contributed by atoms with Gasteiger partial charge < -0.3 is 14.7 Å². The van der Waals surface area contributed by atoms with Crippen LogP contribution in [0, 0.1) is 0 Å². The molecule has 0 bridgehead atoms. The highest BCUT2D eigenvalue weighted by molar-refractivity contribution is 5.85. The van der Waals surface area contributed by atoms with E-state index in [9.17, 15) is 4.79 Å². The van der Waals surface area contributed by atoms with Crippen molar-refractivity contribution in [2.45, 2.75) is 18.9 Å². The quantitative estimate of drug-likeness (QED) is 0.605. The molecule has 1 aliphatic heterocycles. The fourth-order valence-corrected chi connectivity index (χ4v) is 4.37. The molecule has 0 fully saturated rings. The second-order valence-electron chi connectivity index (χ2n) is 7.63. The SMILES string of the molecule is COc1ccc2c(c1)CCN(c1ccccc1)C2(C)c1ccc(/C=C/C(=O)O)cc1. The van der Waals surface area contributed by atoms with Gasteiger partial charge in [-0.05, 0) is 65.9 Å². The number of carbonyl (C=O) groups is 1. The minimum atomic E-state index is -0.948. The van der Waals surface area contributed by atoms with E-state index in [-0.39, 0.29) is 5.54 Å². The molecule has 3 aromatic rings. The van der Waals surface area contributed by atoms with Crippen molar-refractivity contribution in [1.82, 2.24) is 0 Å². The van der Waals surface area contributed by atoms with Crippen LogP contribution in [0.2, 0.25) is 0 Å². The van der Waals surface area contributed by atoms with Crippen molar-refractivity contribution in [2.24, 2.45) is 0 Å². The highest BCUT2D eigenvalue weighted by Gasteiger charge is 2.40. The summed E-state index contributed by atoms with van der Waals surface area (Å²) in [5, 5.41) is 8.88. The molecule has 152 valence electrons. The van der Waals surface area contributed by atoms with E-state index in [0.29, 0.717) is 0 Å². The third kappa shape index (κ3) is 3.57. The summed E-state index contributed by atoms with van der Waals surface area (Å²) < 4.78 is 5.46. The zero-order valence-corrected chi connectivity index (χ0v) is 17.2. The predicted octanol–water partition coefficient (Wildman–Crippen LogP) is 5.12. The molecule has 0 aliphatic carbocycles. The number of carboxylic acids is 1. The first-order valence-electron chi connectivity index (χ1n) is 10.0. The van der Waals surface area contributed by atoms with Crippen LogP contribution in [0.5, 0.6) is 5.75 Å². The van der Waals surface area contributed by atoms with Crippen LogP contribution in [0.1, 0.15) is 29.2 Å². The third-order valence-electron chi connectivity index (χ3n) is 5.94. The summed E-state index contributed by atoms with van der Waals surface area (Å²) in [4.78, 5) is 13.3. The molecular formula is C26H25NO3. The van der Waals surface area contributed by atoms with Gasteiger partial charge in [0, 0.05) is 18.3 Å². The van der Waals surface area contributed by atoms with Gasteiger partial charge in [-0.3, -0.25) is 0 Å². The van der Waals surface area contributed by atoms with Gasteiger partial charge in [-0.1, -0.05) is 48.5 Å². The van der Waals surface area contributed by atoms with Gasteiger partial charge in [0.2, 0.25) is 0 Å². The molecule has 1 unspecified atom stereocenters. The normalized spacial score (nSPS) is 18.3. The van der Waals surface area contributed by atoms with Gasteiger partial charge in [0.25, 0.3) is 0 Å². The zero-order valence-electron chi connectivity index (χ0n) is 17.2. The van der Waals surface area contributed by atoms with Crippen LogP contribution >= 0.6 is 0 Å². The Bertz CT molecular complexity index is 1070. The van der Waals surface area contributed by atoms with Crippen LogP contribution in [0.4, 0.5) is 5.69 Å². The van der Waals surface area contributed by atoms with Crippen molar-refractivity contribution in [3.63, 3.8) is 0 Å². The van der Waals surface area contributed by atoms with E-state index in [1.807, 2.05) is 24.3 Å². The van der Waals surface area contributed by atoms with E-state index < -0.39 is 5.97 Å². The van der Waals surface area contributed by atoms with Crippen LogP contribution < -0.4 is 9.64 Å². The smallest absolute Gasteiger partial charge is 0.328 e. The number of rotatable bonds is 5. The molecule has 1 N–H and O–H groups in total. The molecule has 0 amide bonds. The Hall–Kier alpha value is -3.53. The summed E-state index contributed by atoms with van der Waals surface area (Å²) in [7, 11) is 1.70. The molecule has 0 spiro atoms. The number of carboxylic acid groups (broad SMARTS) is 1. The first-order valence-corrected chi connectivity index (χ1v) is 10.0. The van der Waals surface area contributed by atoms with E-state index in [0.717, 1.165) is 35.9 Å². The second kappa shape index (κ2) is 8.07. The summed E-state index contributed by atoms with van der Waals surface area (Å²) in [6, 6.07) is 24.9. The number of nitrogens with zero attached hydrogens (tertiary/aromatic N) is 1. The fraction of sp³-hybridized carbons (Fsp3) is 0.192. The van der Waals surface area contributed by atoms with Gasteiger partial charge >= 0.3 is 5.97 Å². The van der Waals surface area contributed by atoms with Gasteiger partial charge in [0.1, 0.15) is 5.75 Å². The van der Waals surface area contributed by atoms with Gasteiger partial charge in [-0.25, -0.2) is 4.79 Å². The lowest BCUT2D eigenvalue weighted by Gasteiger charge is -2.48. The average Bonchev–Trinajstić information content (AvgIpc) is 2.78. The van der Waals surface area contributed by atoms with E-state index >= 15 is 0 Å². The maximum absolute atomic E-state index is 10.8. The van der Waals surface area contributed by atoms with Crippen LogP contribution in [0.25, 0.3) is 6.08 Å². The number of hydrogen-bond donors (Lipinski definition) is 1. The van der Waals surface area contributed by atoms with Crippen molar-refractivity contribution in [3.8, 4) is 5.75 Å². The Morgan fingerprint density at radius 3 is 2.47 bits per heavy atom. The molecule has 1 aliphatic rings. The van der Waals surface area contributed by atoms with Crippen molar-refractivity contribution >= 4 is 17.7 Å². The Morgan fingerprint density at radius 1 is 1.07 bits per heavy atom. The average molecular weight is 399 g/mol. The van der Waals surface area contributed by atoms with Crippen molar-refractivity contribution in [1.29, 1.82) is 0 Å². The molecule has 0 saturated carbocycles. The molecule has 1 heterocycles. The number of anilines is 1. The van der Waals surface area contributed by atoms with Gasteiger partial charge in [0.05, 0.1) is 12.6 Å². The van der Waals surface area contributed by atoms with Crippen molar-refractivity contribution < 1.29 is 14.6 Å². The summed E-state index contributed by atoms with van der Waals surface area (Å²) in [5.41, 5.74) is 5.38. The molecule has 0 aromatic heterocycles. The first-order chi connectivity index (χ1) is 14.5. The molecule has 30 heavy (non-hydrogen) atoms. The summed E-state index contributed by atoms with van der Waals surface area (Å²) in [6.45, 7) is 3.15. The summed E-state index contributed by atoms with van der Waals surface area (Å²) in [5.74, 6) is -0.0742. The summed E-state index contributed by atoms with van der Waals surface area (Å²) in [6.07, 6.45) is 3.72. The van der Waals surface area contributed by atoms with Crippen LogP contribution in [-0.4, -0.2) is 24.7 Å². The first kappa shape index (κ1) is 19.8. The maximum atomic E-state index is 10.8. The van der Waals surface area contributed by atoms with Crippen molar-refractivity contribution in [3.05, 3.63) is 101 Å². The largest absolute Gasteiger partial charge is 0.497 e. The Labute approximate surface area is 177 Å². The van der Waals surface area contributed by atoms with E-state index in [1.54, 1.807) is 13.2 Å². The molecule has 0 radical (unpaired) electrons. The number of fused-ring (bicyclic) bond motifs is 1. The monoisotopic (exact) mass is 399 g/mol. The fourth-order valence-electron chi connectivity index (χ4n) is 4.37. The number of methoxy groups -OCH3 is 1. The minimum Gasteiger partial charge on any atom is -0.497 e. The maximum Gasteiger partial charge on any atom is 0.328 e. The number of ether oxygens (including phenoxy) is 1. The lowest BCUT2D eigenvalue weighted by Crippen LogP contribution is -2.49. The summed E-state index contributed by atoms with van der Waals surface area (Å²) >= 11 is 0. The van der Waals surface area contributed by atoms with Gasteiger partial charge in [0.15, 0.2) is 0 Å². The molecule has 4 heteroatoms. The number of hydrogen-bond acceptors (Lipinski definition) is 3. The van der Waals surface area contributed by atoms with Gasteiger partial charge in [-0.2, -0.15) is 0 Å².